The monoisotopic (exact) mass is 308 g/mol. The van der Waals surface area contributed by atoms with Crippen LogP contribution in [-0.2, 0) is 12.7 Å². The molecule has 1 aliphatic rings. The summed E-state index contributed by atoms with van der Waals surface area (Å²) in [5.41, 5.74) is 5.70. The van der Waals surface area contributed by atoms with Crippen LogP contribution in [0.2, 0.25) is 0 Å². The number of hydrogen-bond acceptors (Lipinski definition) is 4. The second kappa shape index (κ2) is 5.47. The molecule has 1 heterocycles. The predicted molar refractivity (Wildman–Crippen MR) is 77.1 cm³/mol. The van der Waals surface area contributed by atoms with Crippen LogP contribution in [0, 0.1) is 0 Å². The summed E-state index contributed by atoms with van der Waals surface area (Å²) in [6, 6.07) is 5.58. The van der Waals surface area contributed by atoms with Gasteiger partial charge in [-0.1, -0.05) is 12.1 Å². The van der Waals surface area contributed by atoms with Crippen LogP contribution in [0.15, 0.2) is 36.7 Å². The van der Waals surface area contributed by atoms with Gasteiger partial charge in [-0.25, -0.2) is 9.97 Å². The van der Waals surface area contributed by atoms with Gasteiger partial charge in [0, 0.05) is 12.6 Å². The zero-order chi connectivity index (χ0) is 15.7. The molecule has 1 fully saturated rings. The number of benzene rings is 1. The number of hydrogen-bond donors (Lipinski definition) is 1. The minimum atomic E-state index is -4.31. The molecule has 3 rings (SSSR count). The minimum absolute atomic E-state index is 0.342. The number of anilines is 2. The lowest BCUT2D eigenvalue weighted by atomic mass is 10.1. The van der Waals surface area contributed by atoms with Gasteiger partial charge in [0.05, 0.1) is 18.0 Å². The third-order valence-corrected chi connectivity index (χ3v) is 3.57. The smallest absolute Gasteiger partial charge is 0.382 e. The van der Waals surface area contributed by atoms with E-state index in [2.05, 4.69) is 14.9 Å². The SMILES string of the molecule is Nc1cnc(N(Cc2ccc(C(F)(F)F)cc2)C2CC2)cn1. The van der Waals surface area contributed by atoms with E-state index in [0.29, 0.717) is 24.2 Å². The van der Waals surface area contributed by atoms with Crippen molar-refractivity contribution in [2.45, 2.75) is 31.6 Å². The first-order valence-electron chi connectivity index (χ1n) is 6.94. The highest BCUT2D eigenvalue weighted by Crippen LogP contribution is 2.33. The average molecular weight is 308 g/mol. The quantitative estimate of drug-likeness (QED) is 0.942. The highest BCUT2D eigenvalue weighted by atomic mass is 19.4. The summed E-state index contributed by atoms with van der Waals surface area (Å²) in [7, 11) is 0. The van der Waals surface area contributed by atoms with Crippen LogP contribution in [0.1, 0.15) is 24.0 Å². The van der Waals surface area contributed by atoms with Crippen molar-refractivity contribution in [2.75, 3.05) is 10.6 Å². The van der Waals surface area contributed by atoms with E-state index in [9.17, 15) is 13.2 Å². The van der Waals surface area contributed by atoms with Crippen molar-refractivity contribution in [2.24, 2.45) is 0 Å². The average Bonchev–Trinajstić information content (AvgIpc) is 3.30. The van der Waals surface area contributed by atoms with E-state index in [0.717, 1.165) is 30.5 Å². The fourth-order valence-corrected chi connectivity index (χ4v) is 2.26. The predicted octanol–water partition coefficient (Wildman–Crippen LogP) is 3.25. The van der Waals surface area contributed by atoms with Crippen molar-refractivity contribution in [1.29, 1.82) is 0 Å². The maximum absolute atomic E-state index is 12.6. The van der Waals surface area contributed by atoms with E-state index < -0.39 is 11.7 Å². The summed E-state index contributed by atoms with van der Waals surface area (Å²) in [4.78, 5) is 10.3. The van der Waals surface area contributed by atoms with Gasteiger partial charge in [-0.15, -0.1) is 0 Å². The van der Waals surface area contributed by atoms with Crippen LogP contribution in [0.4, 0.5) is 24.8 Å². The molecule has 0 bridgehead atoms. The molecule has 22 heavy (non-hydrogen) atoms. The topological polar surface area (TPSA) is 55.0 Å². The largest absolute Gasteiger partial charge is 0.416 e. The molecule has 2 N–H and O–H groups in total. The molecule has 7 heteroatoms. The Morgan fingerprint density at radius 1 is 1.09 bits per heavy atom. The summed E-state index contributed by atoms with van der Waals surface area (Å²) in [5, 5.41) is 0. The fraction of sp³-hybridized carbons (Fsp3) is 0.333. The Morgan fingerprint density at radius 3 is 2.27 bits per heavy atom. The van der Waals surface area contributed by atoms with Crippen LogP contribution in [-0.4, -0.2) is 16.0 Å². The van der Waals surface area contributed by atoms with E-state index in [-0.39, 0.29) is 0 Å². The number of aromatic nitrogens is 2. The van der Waals surface area contributed by atoms with Gasteiger partial charge in [-0.2, -0.15) is 13.2 Å². The molecule has 0 atom stereocenters. The van der Waals surface area contributed by atoms with Gasteiger partial charge in [-0.05, 0) is 30.5 Å². The van der Waals surface area contributed by atoms with E-state index in [4.69, 9.17) is 5.73 Å². The number of halogens is 3. The number of nitrogens with two attached hydrogens (primary N) is 1. The Labute approximate surface area is 125 Å². The van der Waals surface area contributed by atoms with E-state index >= 15 is 0 Å². The maximum atomic E-state index is 12.6. The molecule has 0 amide bonds. The molecule has 0 saturated heterocycles. The zero-order valence-electron chi connectivity index (χ0n) is 11.7. The van der Waals surface area contributed by atoms with Gasteiger partial charge in [0.15, 0.2) is 0 Å². The molecular weight excluding hydrogens is 293 g/mol. The molecular formula is C15H15F3N4. The number of nitrogen functional groups attached to an aromatic ring is 1. The number of alkyl halides is 3. The van der Waals surface area contributed by atoms with Crippen molar-refractivity contribution in [3.8, 4) is 0 Å². The lowest BCUT2D eigenvalue weighted by Gasteiger charge is -2.23. The standard InChI is InChI=1S/C15H15F3N4/c16-15(17,18)11-3-1-10(2-4-11)9-22(12-5-6-12)14-8-20-13(19)7-21-14/h1-4,7-8,12H,5-6,9H2,(H2,19,20). The molecule has 1 aromatic carbocycles. The van der Waals surface area contributed by atoms with E-state index in [1.165, 1.54) is 18.3 Å². The van der Waals surface area contributed by atoms with E-state index in [1.807, 2.05) is 0 Å². The first-order valence-corrected chi connectivity index (χ1v) is 6.94. The van der Waals surface area contributed by atoms with Crippen LogP contribution < -0.4 is 10.6 Å². The zero-order valence-corrected chi connectivity index (χ0v) is 11.7. The lowest BCUT2D eigenvalue weighted by molar-refractivity contribution is -0.137. The fourth-order valence-electron chi connectivity index (χ4n) is 2.26. The Morgan fingerprint density at radius 2 is 1.77 bits per heavy atom. The van der Waals surface area contributed by atoms with Crippen molar-refractivity contribution < 1.29 is 13.2 Å². The molecule has 0 radical (unpaired) electrons. The number of rotatable bonds is 4. The molecule has 1 aromatic heterocycles. The third kappa shape index (κ3) is 3.29. The van der Waals surface area contributed by atoms with Crippen molar-refractivity contribution in [3.63, 3.8) is 0 Å². The first-order chi connectivity index (χ1) is 10.4. The molecule has 0 unspecified atom stereocenters. The first kappa shape index (κ1) is 14.6. The van der Waals surface area contributed by atoms with Crippen LogP contribution in [0.5, 0.6) is 0 Å². The lowest BCUT2D eigenvalue weighted by Crippen LogP contribution is -2.26. The third-order valence-electron chi connectivity index (χ3n) is 3.57. The Hall–Kier alpha value is -2.31. The molecule has 0 aliphatic heterocycles. The van der Waals surface area contributed by atoms with Gasteiger partial charge >= 0.3 is 6.18 Å². The summed E-state index contributed by atoms with van der Waals surface area (Å²) in [6.07, 6.45) is 0.867. The Bertz CT molecular complexity index is 633. The van der Waals surface area contributed by atoms with Crippen LogP contribution >= 0.6 is 0 Å². The molecule has 2 aromatic rings. The maximum Gasteiger partial charge on any atom is 0.416 e. The summed E-state index contributed by atoms with van der Waals surface area (Å²) >= 11 is 0. The Kier molecular flexibility index (Phi) is 3.64. The molecule has 1 saturated carbocycles. The molecule has 1 aliphatic carbocycles. The second-order valence-electron chi connectivity index (χ2n) is 5.35. The highest BCUT2D eigenvalue weighted by Gasteiger charge is 2.32. The Balaban J connectivity index is 1.78. The normalized spacial score (nSPS) is 14.9. The summed E-state index contributed by atoms with van der Waals surface area (Å²) in [6.45, 7) is 0.501. The van der Waals surface area contributed by atoms with Crippen LogP contribution in [0.25, 0.3) is 0 Å². The summed E-state index contributed by atoms with van der Waals surface area (Å²) in [5.74, 6) is 1.03. The van der Waals surface area contributed by atoms with E-state index in [1.54, 1.807) is 6.20 Å². The van der Waals surface area contributed by atoms with Gasteiger partial charge in [-0.3, -0.25) is 0 Å². The molecule has 4 nitrogen and oxygen atoms in total. The highest BCUT2D eigenvalue weighted by molar-refractivity contribution is 5.43. The van der Waals surface area contributed by atoms with Gasteiger partial charge < -0.3 is 10.6 Å². The van der Waals surface area contributed by atoms with Gasteiger partial charge in [0.2, 0.25) is 0 Å². The number of nitrogens with zero attached hydrogens (tertiary/aromatic N) is 3. The van der Waals surface area contributed by atoms with Crippen LogP contribution in [0.3, 0.4) is 0 Å². The van der Waals surface area contributed by atoms with Crippen molar-refractivity contribution >= 4 is 11.6 Å². The van der Waals surface area contributed by atoms with Gasteiger partial charge in [0.1, 0.15) is 11.6 Å². The van der Waals surface area contributed by atoms with Crippen molar-refractivity contribution in [3.05, 3.63) is 47.8 Å². The molecule has 116 valence electrons. The van der Waals surface area contributed by atoms with Crippen molar-refractivity contribution in [1.82, 2.24) is 9.97 Å². The summed E-state index contributed by atoms with van der Waals surface area (Å²) < 4.78 is 37.7. The van der Waals surface area contributed by atoms with Gasteiger partial charge in [0.25, 0.3) is 0 Å². The second-order valence-corrected chi connectivity index (χ2v) is 5.35. The minimum Gasteiger partial charge on any atom is -0.382 e. The molecule has 0 spiro atoms.